The number of hydrogen-bond acceptors (Lipinski definition) is 5. The van der Waals surface area contributed by atoms with Gasteiger partial charge in [0.05, 0.1) is 13.2 Å². The number of ether oxygens (including phenoxy) is 2. The monoisotopic (exact) mass is 213 g/mol. The minimum absolute atomic E-state index is 0.467. The van der Waals surface area contributed by atoms with Crippen LogP contribution in [0.3, 0.4) is 0 Å². The average Bonchev–Trinajstić information content (AvgIpc) is 2.68. The van der Waals surface area contributed by atoms with Crippen LogP contribution in [0.15, 0.2) is 12.2 Å². The summed E-state index contributed by atoms with van der Waals surface area (Å²) in [4.78, 5) is 21.9. The van der Waals surface area contributed by atoms with Crippen LogP contribution < -0.4 is 0 Å². The maximum atomic E-state index is 11.4. The number of carbonyl (C=O) groups is 1. The van der Waals surface area contributed by atoms with E-state index in [1.807, 2.05) is 0 Å². The van der Waals surface area contributed by atoms with Gasteiger partial charge in [0, 0.05) is 4.92 Å². The third-order valence-electron chi connectivity index (χ3n) is 2.99. The lowest BCUT2D eigenvalue weighted by atomic mass is 9.82. The summed E-state index contributed by atoms with van der Waals surface area (Å²) in [6.45, 7) is 1.61. The van der Waals surface area contributed by atoms with Gasteiger partial charge in [0.2, 0.25) is 0 Å². The van der Waals surface area contributed by atoms with E-state index in [4.69, 9.17) is 4.74 Å². The predicted octanol–water partition coefficient (Wildman–Crippen LogP) is 0.148. The second-order valence-electron chi connectivity index (χ2n) is 3.90. The summed E-state index contributed by atoms with van der Waals surface area (Å²) in [5.74, 6) is -1.42. The maximum Gasteiger partial charge on any atom is 0.318 e. The van der Waals surface area contributed by atoms with Crippen LogP contribution in [0.4, 0.5) is 0 Å². The van der Waals surface area contributed by atoms with Crippen LogP contribution in [-0.2, 0) is 14.3 Å². The minimum Gasteiger partial charge on any atom is -0.469 e. The van der Waals surface area contributed by atoms with Gasteiger partial charge < -0.3 is 9.47 Å². The van der Waals surface area contributed by atoms with E-state index in [0.717, 1.165) is 0 Å². The Balaban J connectivity index is 2.36. The summed E-state index contributed by atoms with van der Waals surface area (Å²) in [7, 11) is 1.22. The van der Waals surface area contributed by atoms with Crippen LogP contribution in [0, 0.1) is 16.0 Å². The molecule has 15 heavy (non-hydrogen) atoms. The van der Waals surface area contributed by atoms with Gasteiger partial charge in [0.1, 0.15) is 0 Å². The topological polar surface area (TPSA) is 78.7 Å². The molecule has 0 aliphatic carbocycles. The van der Waals surface area contributed by atoms with Gasteiger partial charge in [0.25, 0.3) is 6.04 Å². The second-order valence-corrected chi connectivity index (χ2v) is 3.90. The largest absolute Gasteiger partial charge is 0.469 e. The van der Waals surface area contributed by atoms with Crippen LogP contribution in [0.2, 0.25) is 0 Å². The van der Waals surface area contributed by atoms with Crippen LogP contribution >= 0.6 is 0 Å². The molecule has 2 bridgehead atoms. The van der Waals surface area contributed by atoms with Gasteiger partial charge in [-0.05, 0) is 13.0 Å². The Morgan fingerprint density at radius 1 is 1.67 bits per heavy atom. The van der Waals surface area contributed by atoms with Crippen molar-refractivity contribution in [3.63, 3.8) is 0 Å². The van der Waals surface area contributed by atoms with Crippen molar-refractivity contribution in [2.45, 2.75) is 24.7 Å². The first-order valence-corrected chi connectivity index (χ1v) is 4.58. The number of fused-ring (bicyclic) bond motifs is 2. The van der Waals surface area contributed by atoms with E-state index < -0.39 is 34.6 Å². The molecule has 0 spiro atoms. The third-order valence-corrected chi connectivity index (χ3v) is 2.99. The SMILES string of the molecule is COC(=O)[C@H]1[C@H]([N+](=O)[O-])[C@]2(C)C=C[C@H]1O2. The fourth-order valence-corrected chi connectivity index (χ4v) is 2.29. The molecule has 0 aromatic heterocycles. The number of nitrogens with zero attached hydrogens (tertiary/aromatic N) is 1. The Bertz CT molecular complexity index is 352. The lowest BCUT2D eigenvalue weighted by Crippen LogP contribution is -2.47. The van der Waals surface area contributed by atoms with Crippen LogP contribution in [-0.4, -0.2) is 35.7 Å². The van der Waals surface area contributed by atoms with E-state index in [0.29, 0.717) is 0 Å². The van der Waals surface area contributed by atoms with Crippen LogP contribution in [0.5, 0.6) is 0 Å². The van der Waals surface area contributed by atoms with E-state index in [-0.39, 0.29) is 0 Å². The highest BCUT2D eigenvalue weighted by molar-refractivity contribution is 5.75. The highest BCUT2D eigenvalue weighted by Crippen LogP contribution is 2.44. The van der Waals surface area contributed by atoms with Crippen molar-refractivity contribution in [1.82, 2.24) is 0 Å². The van der Waals surface area contributed by atoms with Gasteiger partial charge in [-0.2, -0.15) is 0 Å². The molecule has 1 fully saturated rings. The van der Waals surface area contributed by atoms with E-state index >= 15 is 0 Å². The molecule has 2 heterocycles. The third kappa shape index (κ3) is 1.25. The summed E-state index contributed by atoms with van der Waals surface area (Å²) in [6.07, 6.45) is 2.80. The number of carbonyl (C=O) groups excluding carboxylic acids is 1. The molecule has 1 saturated heterocycles. The number of rotatable bonds is 2. The van der Waals surface area contributed by atoms with Gasteiger partial charge in [-0.25, -0.2) is 0 Å². The van der Waals surface area contributed by atoms with Crippen molar-refractivity contribution < 1.29 is 19.2 Å². The smallest absolute Gasteiger partial charge is 0.318 e. The molecular weight excluding hydrogens is 202 g/mol. The van der Waals surface area contributed by atoms with Gasteiger partial charge in [-0.3, -0.25) is 14.9 Å². The van der Waals surface area contributed by atoms with E-state index in [1.165, 1.54) is 7.11 Å². The Labute approximate surface area is 86.0 Å². The Kier molecular flexibility index (Phi) is 2.04. The standard InChI is InChI=1S/C9H11NO5/c1-9-4-3-5(15-9)6(8(11)14-2)7(9)10(12)13/h3-7H,1-2H3/t5-,6-,7+,9+/m1/s1. The maximum absolute atomic E-state index is 11.4. The molecule has 0 radical (unpaired) electrons. The molecule has 0 aromatic carbocycles. The average molecular weight is 213 g/mol. The number of esters is 1. The molecule has 0 amide bonds. The molecule has 82 valence electrons. The highest BCUT2D eigenvalue weighted by atomic mass is 16.6. The zero-order valence-electron chi connectivity index (χ0n) is 8.38. The molecule has 0 N–H and O–H groups in total. The molecule has 2 aliphatic heterocycles. The summed E-state index contributed by atoms with van der Waals surface area (Å²) < 4.78 is 9.97. The van der Waals surface area contributed by atoms with Gasteiger partial charge in [-0.1, -0.05) is 6.08 Å². The van der Waals surface area contributed by atoms with Gasteiger partial charge in [0.15, 0.2) is 11.5 Å². The molecule has 2 aliphatic rings. The first kappa shape index (κ1) is 10.1. The molecule has 4 atom stereocenters. The first-order valence-electron chi connectivity index (χ1n) is 4.58. The summed E-state index contributed by atoms with van der Waals surface area (Å²) in [5, 5.41) is 10.9. The number of methoxy groups -OCH3 is 1. The second kappa shape index (κ2) is 3.03. The molecule has 0 unspecified atom stereocenters. The number of hydrogen-bond donors (Lipinski definition) is 0. The van der Waals surface area contributed by atoms with E-state index in [2.05, 4.69) is 4.74 Å². The summed E-state index contributed by atoms with van der Waals surface area (Å²) in [6, 6.07) is -1.06. The summed E-state index contributed by atoms with van der Waals surface area (Å²) >= 11 is 0. The molecule has 6 nitrogen and oxygen atoms in total. The Morgan fingerprint density at radius 2 is 2.33 bits per heavy atom. The minimum atomic E-state index is -1.06. The Morgan fingerprint density at radius 3 is 2.87 bits per heavy atom. The van der Waals surface area contributed by atoms with E-state index in [9.17, 15) is 14.9 Å². The lowest BCUT2D eigenvalue weighted by molar-refractivity contribution is -0.538. The zero-order valence-corrected chi connectivity index (χ0v) is 8.38. The molecule has 6 heteroatoms. The fraction of sp³-hybridized carbons (Fsp3) is 0.667. The first-order chi connectivity index (χ1) is 6.99. The van der Waals surface area contributed by atoms with Crippen LogP contribution in [0.1, 0.15) is 6.92 Å². The van der Waals surface area contributed by atoms with Crippen LogP contribution in [0.25, 0.3) is 0 Å². The molecule has 0 aromatic rings. The normalized spacial score (nSPS) is 41.9. The molecular formula is C9H11NO5. The van der Waals surface area contributed by atoms with Gasteiger partial charge >= 0.3 is 5.97 Å². The van der Waals surface area contributed by atoms with Crippen molar-refractivity contribution in [3.8, 4) is 0 Å². The summed E-state index contributed by atoms with van der Waals surface area (Å²) in [5.41, 5.74) is -0.979. The quantitative estimate of drug-likeness (QED) is 0.282. The fourth-order valence-electron chi connectivity index (χ4n) is 2.29. The van der Waals surface area contributed by atoms with Gasteiger partial charge in [-0.15, -0.1) is 0 Å². The lowest BCUT2D eigenvalue weighted by Gasteiger charge is -2.21. The van der Waals surface area contributed by atoms with E-state index in [1.54, 1.807) is 19.1 Å². The zero-order chi connectivity index (χ0) is 11.2. The number of nitro groups is 1. The van der Waals surface area contributed by atoms with Crippen molar-refractivity contribution in [2.75, 3.05) is 7.11 Å². The van der Waals surface area contributed by atoms with Crippen molar-refractivity contribution in [1.29, 1.82) is 0 Å². The Hall–Kier alpha value is -1.43. The molecule has 0 saturated carbocycles. The van der Waals surface area contributed by atoms with Crippen molar-refractivity contribution >= 4 is 5.97 Å². The van der Waals surface area contributed by atoms with Crippen molar-refractivity contribution in [2.24, 2.45) is 5.92 Å². The highest BCUT2D eigenvalue weighted by Gasteiger charge is 2.64. The van der Waals surface area contributed by atoms with Crippen molar-refractivity contribution in [3.05, 3.63) is 22.3 Å². The molecule has 2 rings (SSSR count). The predicted molar refractivity (Wildman–Crippen MR) is 48.7 cm³/mol.